The molecule has 1 aromatic heterocycles. The van der Waals surface area contributed by atoms with Crippen LogP contribution in [0, 0.1) is 11.3 Å². The van der Waals surface area contributed by atoms with Crippen LogP contribution in [0.5, 0.6) is 0 Å². The fourth-order valence-corrected chi connectivity index (χ4v) is 1.50. The molecule has 0 spiro atoms. The Balaban J connectivity index is 2.70. The number of rotatable bonds is 5. The second-order valence-electron chi connectivity index (χ2n) is 3.92. The summed E-state index contributed by atoms with van der Waals surface area (Å²) in [5, 5.41) is 12.1. The van der Waals surface area contributed by atoms with Crippen molar-refractivity contribution >= 4 is 11.5 Å². The van der Waals surface area contributed by atoms with Gasteiger partial charge in [-0.3, -0.25) is 0 Å². The average Bonchev–Trinajstić information content (AvgIpc) is 2.29. The third-order valence-corrected chi connectivity index (χ3v) is 2.48. The largest absolute Gasteiger partial charge is 0.395 e. The van der Waals surface area contributed by atoms with Crippen LogP contribution in [-0.4, -0.2) is 11.0 Å². The lowest BCUT2D eigenvalue weighted by Gasteiger charge is -2.15. The topological polar surface area (TPSA) is 74.7 Å². The molecule has 0 saturated heterocycles. The highest BCUT2D eigenvalue weighted by Crippen LogP contribution is 2.20. The van der Waals surface area contributed by atoms with Crippen molar-refractivity contribution in [2.24, 2.45) is 0 Å². The SMILES string of the molecule is CCCCC(C)Nc1nccc(C#N)c1N. The molecule has 0 amide bonds. The number of nitriles is 1. The number of pyridine rings is 1. The van der Waals surface area contributed by atoms with E-state index < -0.39 is 0 Å². The van der Waals surface area contributed by atoms with E-state index in [1.165, 1.54) is 12.8 Å². The summed E-state index contributed by atoms with van der Waals surface area (Å²) in [4.78, 5) is 4.15. The van der Waals surface area contributed by atoms with E-state index in [1.807, 2.05) is 6.07 Å². The molecule has 1 aromatic rings. The van der Waals surface area contributed by atoms with Crippen molar-refractivity contribution in [2.45, 2.75) is 39.2 Å². The normalized spacial score (nSPS) is 11.8. The molecule has 0 saturated carbocycles. The highest BCUT2D eigenvalue weighted by atomic mass is 15.0. The molecule has 0 aromatic carbocycles. The van der Waals surface area contributed by atoms with Gasteiger partial charge in [-0.05, 0) is 19.4 Å². The second kappa shape index (κ2) is 5.96. The van der Waals surface area contributed by atoms with E-state index in [1.54, 1.807) is 12.3 Å². The highest BCUT2D eigenvalue weighted by Gasteiger charge is 2.08. The minimum Gasteiger partial charge on any atom is -0.395 e. The Kier molecular flexibility index (Phi) is 4.59. The minimum atomic E-state index is 0.323. The molecule has 0 aliphatic rings. The van der Waals surface area contributed by atoms with E-state index in [-0.39, 0.29) is 0 Å². The van der Waals surface area contributed by atoms with Gasteiger partial charge in [-0.15, -0.1) is 0 Å². The minimum absolute atomic E-state index is 0.323. The van der Waals surface area contributed by atoms with Crippen molar-refractivity contribution in [3.8, 4) is 6.07 Å². The molecule has 4 heteroatoms. The zero-order valence-electron chi connectivity index (χ0n) is 9.83. The summed E-state index contributed by atoms with van der Waals surface area (Å²) in [6.07, 6.45) is 5.03. The Morgan fingerprint density at radius 1 is 1.62 bits per heavy atom. The number of nitrogens with one attached hydrogen (secondary N) is 1. The molecule has 0 radical (unpaired) electrons. The van der Waals surface area contributed by atoms with Crippen LogP contribution in [0.1, 0.15) is 38.7 Å². The van der Waals surface area contributed by atoms with Crippen molar-refractivity contribution in [1.29, 1.82) is 5.26 Å². The number of aromatic nitrogens is 1. The van der Waals surface area contributed by atoms with Crippen LogP contribution in [0.3, 0.4) is 0 Å². The lowest BCUT2D eigenvalue weighted by molar-refractivity contribution is 0.643. The smallest absolute Gasteiger partial charge is 0.150 e. The lowest BCUT2D eigenvalue weighted by atomic mass is 10.1. The van der Waals surface area contributed by atoms with Gasteiger partial charge in [-0.1, -0.05) is 19.8 Å². The van der Waals surface area contributed by atoms with Crippen LogP contribution >= 0.6 is 0 Å². The van der Waals surface area contributed by atoms with Gasteiger partial charge in [-0.2, -0.15) is 5.26 Å². The maximum absolute atomic E-state index is 8.83. The molecule has 1 rings (SSSR count). The Hall–Kier alpha value is -1.76. The molecule has 86 valence electrons. The van der Waals surface area contributed by atoms with Gasteiger partial charge in [-0.25, -0.2) is 4.98 Å². The van der Waals surface area contributed by atoms with E-state index in [0.717, 1.165) is 6.42 Å². The van der Waals surface area contributed by atoms with E-state index >= 15 is 0 Å². The van der Waals surface area contributed by atoms with Crippen LogP contribution in [0.25, 0.3) is 0 Å². The Morgan fingerprint density at radius 2 is 2.38 bits per heavy atom. The Bertz CT molecular complexity index is 381. The van der Waals surface area contributed by atoms with Gasteiger partial charge in [0, 0.05) is 12.2 Å². The summed E-state index contributed by atoms with van der Waals surface area (Å²) >= 11 is 0. The molecule has 0 bridgehead atoms. The highest BCUT2D eigenvalue weighted by molar-refractivity contribution is 5.68. The molecular formula is C12H18N4. The fourth-order valence-electron chi connectivity index (χ4n) is 1.50. The number of nitrogens with zero attached hydrogens (tertiary/aromatic N) is 2. The van der Waals surface area contributed by atoms with E-state index in [0.29, 0.717) is 23.1 Å². The second-order valence-corrected chi connectivity index (χ2v) is 3.92. The summed E-state index contributed by atoms with van der Waals surface area (Å²) < 4.78 is 0. The van der Waals surface area contributed by atoms with Crippen molar-refractivity contribution < 1.29 is 0 Å². The van der Waals surface area contributed by atoms with Crippen LogP contribution in [0.15, 0.2) is 12.3 Å². The average molecular weight is 218 g/mol. The number of anilines is 2. The van der Waals surface area contributed by atoms with E-state index in [4.69, 9.17) is 11.0 Å². The van der Waals surface area contributed by atoms with Gasteiger partial charge in [0.1, 0.15) is 6.07 Å². The van der Waals surface area contributed by atoms with Crippen molar-refractivity contribution in [3.63, 3.8) is 0 Å². The fraction of sp³-hybridized carbons (Fsp3) is 0.500. The summed E-state index contributed by atoms with van der Waals surface area (Å²) in [5.74, 6) is 0.614. The van der Waals surface area contributed by atoms with Gasteiger partial charge >= 0.3 is 0 Å². The number of nitrogen functional groups attached to an aromatic ring is 1. The van der Waals surface area contributed by atoms with Crippen LogP contribution in [0.4, 0.5) is 11.5 Å². The summed E-state index contributed by atoms with van der Waals surface area (Å²) in [6.45, 7) is 4.26. The molecule has 0 aliphatic carbocycles. The molecule has 0 fully saturated rings. The molecule has 4 nitrogen and oxygen atoms in total. The van der Waals surface area contributed by atoms with Gasteiger partial charge in [0.25, 0.3) is 0 Å². The molecular weight excluding hydrogens is 200 g/mol. The molecule has 0 aliphatic heterocycles. The molecule has 1 atom stereocenters. The van der Waals surface area contributed by atoms with Crippen LogP contribution in [0.2, 0.25) is 0 Å². The lowest BCUT2D eigenvalue weighted by Crippen LogP contribution is -2.17. The van der Waals surface area contributed by atoms with Crippen molar-refractivity contribution in [3.05, 3.63) is 17.8 Å². The maximum Gasteiger partial charge on any atom is 0.150 e. The van der Waals surface area contributed by atoms with Gasteiger partial charge in [0.05, 0.1) is 11.3 Å². The standard InChI is InChI=1S/C12H18N4/c1-3-4-5-9(2)16-12-11(14)10(8-13)6-7-15-12/h6-7,9H,3-5,14H2,1-2H3,(H,15,16). The zero-order valence-corrected chi connectivity index (χ0v) is 9.83. The predicted molar refractivity (Wildman–Crippen MR) is 66.0 cm³/mol. The van der Waals surface area contributed by atoms with Crippen molar-refractivity contribution in [2.75, 3.05) is 11.1 Å². The quantitative estimate of drug-likeness (QED) is 0.796. The Labute approximate surface area is 96.5 Å². The van der Waals surface area contributed by atoms with Gasteiger partial charge in [0.2, 0.25) is 0 Å². The van der Waals surface area contributed by atoms with Gasteiger partial charge in [0.15, 0.2) is 5.82 Å². The maximum atomic E-state index is 8.83. The number of hydrogen-bond donors (Lipinski definition) is 2. The van der Waals surface area contributed by atoms with E-state index in [9.17, 15) is 0 Å². The summed E-state index contributed by atoms with van der Waals surface area (Å²) in [6, 6.07) is 3.99. The monoisotopic (exact) mass is 218 g/mol. The number of hydrogen-bond acceptors (Lipinski definition) is 4. The molecule has 1 heterocycles. The summed E-state index contributed by atoms with van der Waals surface area (Å²) in [5.41, 5.74) is 6.73. The van der Waals surface area contributed by atoms with E-state index in [2.05, 4.69) is 24.1 Å². The molecule has 16 heavy (non-hydrogen) atoms. The Morgan fingerprint density at radius 3 is 3.00 bits per heavy atom. The van der Waals surface area contributed by atoms with Crippen LogP contribution < -0.4 is 11.1 Å². The summed E-state index contributed by atoms with van der Waals surface area (Å²) in [7, 11) is 0. The first kappa shape index (κ1) is 12.3. The van der Waals surface area contributed by atoms with Crippen LogP contribution in [-0.2, 0) is 0 Å². The van der Waals surface area contributed by atoms with Crippen molar-refractivity contribution in [1.82, 2.24) is 4.98 Å². The molecule has 1 unspecified atom stereocenters. The molecule has 3 N–H and O–H groups in total. The zero-order chi connectivity index (χ0) is 12.0. The predicted octanol–water partition coefficient (Wildman–Crippen LogP) is 2.53. The van der Waals surface area contributed by atoms with Gasteiger partial charge < -0.3 is 11.1 Å². The third-order valence-electron chi connectivity index (χ3n) is 2.48. The first-order chi connectivity index (χ1) is 7.69. The number of unbranched alkanes of at least 4 members (excludes halogenated alkanes) is 1. The number of nitrogens with two attached hydrogens (primary N) is 1. The first-order valence-electron chi connectivity index (χ1n) is 5.60. The third kappa shape index (κ3) is 3.13. The first-order valence-corrected chi connectivity index (χ1v) is 5.60.